The molecule has 0 unspecified atom stereocenters. The molecule has 4 nitrogen and oxygen atoms in total. The molecule has 0 saturated heterocycles. The van der Waals surface area contributed by atoms with Gasteiger partial charge < -0.3 is 5.21 Å². The molecule has 0 fully saturated rings. The predicted octanol–water partition coefficient (Wildman–Crippen LogP) is 2.37. The standard InChI is InChI=1S/C10H15N3O/c1-8-6-5-7-10(9(8)2)13(14)11-12(3)4/h5-7H,1-4H3. The van der Waals surface area contributed by atoms with E-state index >= 15 is 0 Å². The lowest BCUT2D eigenvalue weighted by atomic mass is 10.1. The molecular formula is C10H15N3O. The highest BCUT2D eigenvalue weighted by Gasteiger charge is 2.05. The van der Waals surface area contributed by atoms with Crippen LogP contribution >= 0.6 is 0 Å². The van der Waals surface area contributed by atoms with E-state index in [4.69, 9.17) is 0 Å². The average molecular weight is 193 g/mol. The summed E-state index contributed by atoms with van der Waals surface area (Å²) in [5.74, 6) is 0. The molecule has 0 amide bonds. The van der Waals surface area contributed by atoms with E-state index in [2.05, 4.69) is 5.22 Å². The maximum absolute atomic E-state index is 11.5. The first-order valence-electron chi connectivity index (χ1n) is 4.44. The maximum Gasteiger partial charge on any atom is 0.157 e. The summed E-state index contributed by atoms with van der Waals surface area (Å²) >= 11 is 0. The first-order valence-corrected chi connectivity index (χ1v) is 4.44. The molecule has 1 aromatic rings. The molecule has 76 valence electrons. The number of hydrogen-bond donors (Lipinski definition) is 0. The SMILES string of the molecule is Cc1cccc([N+]([O-])=NN(C)C)c1C. The second-order valence-corrected chi connectivity index (χ2v) is 3.43. The third-order valence-electron chi connectivity index (χ3n) is 2.04. The highest BCUT2D eigenvalue weighted by Crippen LogP contribution is 2.20. The third-order valence-corrected chi connectivity index (χ3v) is 2.04. The van der Waals surface area contributed by atoms with E-state index in [0.29, 0.717) is 10.5 Å². The van der Waals surface area contributed by atoms with Crippen molar-refractivity contribution in [3.05, 3.63) is 34.5 Å². The fourth-order valence-electron chi connectivity index (χ4n) is 1.15. The number of nitrogens with zero attached hydrogens (tertiary/aromatic N) is 3. The summed E-state index contributed by atoms with van der Waals surface area (Å²) in [5, 5.41) is 16.8. The Hall–Kier alpha value is -1.58. The number of hydrogen-bond acceptors (Lipinski definition) is 2. The molecule has 0 aromatic heterocycles. The van der Waals surface area contributed by atoms with Gasteiger partial charge >= 0.3 is 0 Å². The molecule has 0 bridgehead atoms. The van der Waals surface area contributed by atoms with Gasteiger partial charge in [-0.25, -0.2) is 0 Å². The van der Waals surface area contributed by atoms with E-state index in [9.17, 15) is 5.21 Å². The van der Waals surface area contributed by atoms with Gasteiger partial charge in [-0.15, -0.1) is 4.86 Å². The van der Waals surface area contributed by atoms with E-state index in [1.165, 1.54) is 5.01 Å². The third kappa shape index (κ3) is 2.22. The zero-order valence-electron chi connectivity index (χ0n) is 8.98. The second-order valence-electron chi connectivity index (χ2n) is 3.43. The van der Waals surface area contributed by atoms with Crippen LogP contribution in [0.3, 0.4) is 0 Å². The molecule has 0 aliphatic heterocycles. The fourth-order valence-corrected chi connectivity index (χ4v) is 1.15. The fraction of sp³-hybridized carbons (Fsp3) is 0.400. The quantitative estimate of drug-likeness (QED) is 0.411. The first-order chi connectivity index (χ1) is 6.52. The summed E-state index contributed by atoms with van der Waals surface area (Å²) in [6.07, 6.45) is 0. The molecule has 0 saturated carbocycles. The van der Waals surface area contributed by atoms with Crippen molar-refractivity contribution >= 4 is 5.69 Å². The largest absolute Gasteiger partial charge is 0.691 e. The molecule has 1 rings (SSSR count). The Morgan fingerprint density at radius 3 is 2.50 bits per heavy atom. The van der Waals surface area contributed by atoms with Crippen molar-refractivity contribution in [3.63, 3.8) is 0 Å². The minimum atomic E-state index is 0.596. The van der Waals surface area contributed by atoms with Crippen molar-refractivity contribution in [2.45, 2.75) is 13.8 Å². The summed E-state index contributed by atoms with van der Waals surface area (Å²) < 4.78 is 0. The minimum absolute atomic E-state index is 0.596. The Labute approximate surface area is 84.0 Å². The molecule has 0 aliphatic carbocycles. The van der Waals surface area contributed by atoms with E-state index in [1.54, 1.807) is 20.2 Å². The zero-order valence-corrected chi connectivity index (χ0v) is 8.98. The molecule has 0 heterocycles. The van der Waals surface area contributed by atoms with Crippen LogP contribution in [0.1, 0.15) is 11.1 Å². The Balaban J connectivity index is 3.13. The van der Waals surface area contributed by atoms with E-state index in [1.807, 2.05) is 26.0 Å². The Morgan fingerprint density at radius 2 is 1.93 bits per heavy atom. The molecular weight excluding hydrogens is 178 g/mol. The van der Waals surface area contributed by atoms with Crippen LogP contribution in [0.25, 0.3) is 0 Å². The van der Waals surface area contributed by atoms with Gasteiger partial charge in [0.1, 0.15) is 0 Å². The first kappa shape index (κ1) is 10.5. The van der Waals surface area contributed by atoms with Gasteiger partial charge in [-0.1, -0.05) is 12.1 Å². The molecule has 0 N–H and O–H groups in total. The lowest BCUT2D eigenvalue weighted by Crippen LogP contribution is -2.07. The summed E-state index contributed by atoms with van der Waals surface area (Å²) in [5.41, 5.74) is 2.66. The van der Waals surface area contributed by atoms with Crippen LogP contribution < -0.4 is 0 Å². The van der Waals surface area contributed by atoms with Gasteiger partial charge in [0, 0.05) is 5.56 Å². The molecule has 0 radical (unpaired) electrons. The second kappa shape index (κ2) is 4.09. The van der Waals surface area contributed by atoms with Gasteiger partial charge in [-0.3, -0.25) is 0 Å². The average Bonchev–Trinajstić information content (AvgIpc) is 2.08. The van der Waals surface area contributed by atoms with Gasteiger partial charge in [0.25, 0.3) is 0 Å². The smallest absolute Gasteiger partial charge is 0.157 e. The minimum Gasteiger partial charge on any atom is -0.691 e. The van der Waals surface area contributed by atoms with Crippen molar-refractivity contribution in [1.29, 1.82) is 0 Å². The summed E-state index contributed by atoms with van der Waals surface area (Å²) in [6.45, 7) is 3.89. The van der Waals surface area contributed by atoms with Crippen molar-refractivity contribution in [2.75, 3.05) is 14.1 Å². The molecule has 1 aromatic carbocycles. The molecule has 0 atom stereocenters. The highest BCUT2D eigenvalue weighted by atomic mass is 16.5. The van der Waals surface area contributed by atoms with Gasteiger partial charge in [0.2, 0.25) is 0 Å². The van der Waals surface area contributed by atoms with Crippen molar-refractivity contribution in [2.24, 2.45) is 5.22 Å². The summed E-state index contributed by atoms with van der Waals surface area (Å²) in [6, 6.07) is 5.60. The lowest BCUT2D eigenvalue weighted by molar-refractivity contribution is -0.460. The van der Waals surface area contributed by atoms with E-state index < -0.39 is 0 Å². The molecule has 0 aliphatic rings. The number of aryl methyl sites for hydroxylation is 1. The van der Waals surface area contributed by atoms with Crippen LogP contribution in [-0.2, 0) is 0 Å². The summed E-state index contributed by atoms with van der Waals surface area (Å²) in [4.78, 5) is 0.641. The van der Waals surface area contributed by atoms with Crippen molar-refractivity contribution < 1.29 is 4.86 Å². The van der Waals surface area contributed by atoms with Gasteiger partial charge in [-0.2, -0.15) is 5.01 Å². The number of rotatable bonds is 2. The van der Waals surface area contributed by atoms with Gasteiger partial charge in [0.05, 0.1) is 19.3 Å². The Morgan fingerprint density at radius 1 is 1.29 bits per heavy atom. The van der Waals surface area contributed by atoms with Crippen LogP contribution in [0.4, 0.5) is 5.69 Å². The number of benzene rings is 1. The Kier molecular flexibility index (Phi) is 3.06. The lowest BCUT2D eigenvalue weighted by Gasteiger charge is -2.11. The summed E-state index contributed by atoms with van der Waals surface area (Å²) in [7, 11) is 3.44. The van der Waals surface area contributed by atoms with E-state index in [0.717, 1.165) is 11.1 Å². The van der Waals surface area contributed by atoms with Crippen LogP contribution in [0.2, 0.25) is 0 Å². The van der Waals surface area contributed by atoms with Crippen LogP contribution in [-0.4, -0.2) is 24.0 Å². The van der Waals surface area contributed by atoms with Crippen molar-refractivity contribution in [1.82, 2.24) is 5.01 Å². The maximum atomic E-state index is 11.5. The molecule has 0 spiro atoms. The van der Waals surface area contributed by atoms with Crippen LogP contribution in [0.5, 0.6) is 0 Å². The van der Waals surface area contributed by atoms with Crippen LogP contribution in [0.15, 0.2) is 23.4 Å². The predicted molar refractivity (Wildman–Crippen MR) is 55.3 cm³/mol. The van der Waals surface area contributed by atoms with Gasteiger partial charge in [0.15, 0.2) is 5.69 Å². The Bertz CT molecular complexity index is 358. The van der Waals surface area contributed by atoms with Crippen molar-refractivity contribution in [3.8, 4) is 0 Å². The molecule has 4 heteroatoms. The topological polar surface area (TPSA) is 41.7 Å². The van der Waals surface area contributed by atoms with Gasteiger partial charge in [-0.05, 0) is 25.5 Å². The normalized spacial score (nSPS) is 11.6. The monoisotopic (exact) mass is 193 g/mol. The van der Waals surface area contributed by atoms with E-state index in [-0.39, 0.29) is 0 Å². The zero-order chi connectivity index (χ0) is 10.7. The molecule has 14 heavy (non-hydrogen) atoms. The van der Waals surface area contributed by atoms with Crippen LogP contribution in [0, 0.1) is 19.1 Å². The highest BCUT2D eigenvalue weighted by molar-refractivity contribution is 5.43.